The molecule has 0 spiro atoms. The van der Waals surface area contributed by atoms with Crippen LogP contribution in [0.4, 0.5) is 10.1 Å². The fourth-order valence-corrected chi connectivity index (χ4v) is 2.16. The fraction of sp³-hybridized carbons (Fsp3) is 0.222. The van der Waals surface area contributed by atoms with Gasteiger partial charge in [0.25, 0.3) is 5.91 Å². The Kier molecular flexibility index (Phi) is 5.94. The van der Waals surface area contributed by atoms with Crippen LogP contribution in [0.5, 0.6) is 11.5 Å². The second kappa shape index (κ2) is 8.14. The lowest BCUT2D eigenvalue weighted by atomic mass is 10.2. The predicted molar refractivity (Wildman–Crippen MR) is 89.6 cm³/mol. The molecule has 0 aliphatic rings. The molecule has 0 saturated carbocycles. The van der Waals surface area contributed by atoms with Crippen molar-refractivity contribution in [1.82, 2.24) is 0 Å². The van der Waals surface area contributed by atoms with Gasteiger partial charge in [0.2, 0.25) is 0 Å². The maximum atomic E-state index is 13.7. The number of aryl methyl sites for hydroxylation is 1. The Hall–Kier alpha value is -3.09. The van der Waals surface area contributed by atoms with Crippen molar-refractivity contribution in [3.05, 3.63) is 53.3 Å². The van der Waals surface area contributed by atoms with E-state index in [9.17, 15) is 14.0 Å². The van der Waals surface area contributed by atoms with Crippen LogP contribution in [0.1, 0.15) is 15.9 Å². The molecule has 132 valence electrons. The van der Waals surface area contributed by atoms with E-state index in [0.717, 1.165) is 5.56 Å². The first-order chi connectivity index (χ1) is 12.0. The second-order valence-electron chi connectivity index (χ2n) is 5.15. The number of hydrogen-bond donors (Lipinski definition) is 1. The molecule has 0 unspecified atom stereocenters. The number of halogens is 1. The molecule has 2 rings (SSSR count). The minimum absolute atomic E-state index is 0.0191. The number of carbonyl (C=O) groups excluding carboxylic acids is 2. The van der Waals surface area contributed by atoms with Crippen LogP contribution in [-0.4, -0.2) is 32.7 Å². The molecule has 2 aromatic rings. The minimum Gasteiger partial charge on any atom is -0.493 e. The summed E-state index contributed by atoms with van der Waals surface area (Å²) >= 11 is 0. The summed E-state index contributed by atoms with van der Waals surface area (Å²) in [4.78, 5) is 24.0. The Labute approximate surface area is 144 Å². The van der Waals surface area contributed by atoms with E-state index in [1.54, 1.807) is 25.1 Å². The summed E-state index contributed by atoms with van der Waals surface area (Å²) in [7, 11) is 2.83. The molecule has 1 amide bonds. The molecule has 25 heavy (non-hydrogen) atoms. The standard InChI is InChI=1S/C18H18FNO5/c1-11-7-8-14(13(19)9-11)20-16(21)10-25-18(22)12-5-4-6-15(23-2)17(12)24-3/h4-9H,10H2,1-3H3,(H,20,21). The molecule has 0 atom stereocenters. The average molecular weight is 347 g/mol. The van der Waals surface area contributed by atoms with Gasteiger partial charge in [-0.2, -0.15) is 0 Å². The lowest BCUT2D eigenvalue weighted by molar-refractivity contribution is -0.119. The molecule has 0 radical (unpaired) electrons. The predicted octanol–water partition coefficient (Wildman–Crippen LogP) is 2.95. The van der Waals surface area contributed by atoms with Crippen molar-refractivity contribution < 1.29 is 28.2 Å². The summed E-state index contributed by atoms with van der Waals surface area (Å²) in [6.07, 6.45) is 0. The number of rotatable bonds is 6. The van der Waals surface area contributed by atoms with Gasteiger partial charge in [-0.3, -0.25) is 4.79 Å². The summed E-state index contributed by atoms with van der Waals surface area (Å²) < 4.78 is 28.9. The van der Waals surface area contributed by atoms with Crippen molar-refractivity contribution in [2.24, 2.45) is 0 Å². The normalized spacial score (nSPS) is 10.1. The number of nitrogens with one attached hydrogen (secondary N) is 1. The van der Waals surface area contributed by atoms with E-state index in [-0.39, 0.29) is 17.0 Å². The van der Waals surface area contributed by atoms with Crippen LogP contribution in [0.2, 0.25) is 0 Å². The molecule has 0 saturated heterocycles. The van der Waals surface area contributed by atoms with E-state index >= 15 is 0 Å². The SMILES string of the molecule is COc1cccc(C(=O)OCC(=O)Nc2ccc(C)cc2F)c1OC. The monoisotopic (exact) mass is 347 g/mol. The first kappa shape index (κ1) is 18.3. The third kappa shape index (κ3) is 4.47. The lowest BCUT2D eigenvalue weighted by Crippen LogP contribution is -2.21. The van der Waals surface area contributed by atoms with Crippen LogP contribution in [0, 0.1) is 12.7 Å². The number of carbonyl (C=O) groups is 2. The Bertz CT molecular complexity index is 791. The van der Waals surface area contributed by atoms with Crippen LogP contribution >= 0.6 is 0 Å². The summed E-state index contributed by atoms with van der Waals surface area (Å²) in [5.74, 6) is -1.40. The van der Waals surface area contributed by atoms with Crippen LogP contribution in [0.3, 0.4) is 0 Å². The van der Waals surface area contributed by atoms with Gasteiger partial charge in [0.05, 0.1) is 19.9 Å². The molecule has 0 bridgehead atoms. The van der Waals surface area contributed by atoms with E-state index in [0.29, 0.717) is 5.75 Å². The maximum absolute atomic E-state index is 13.7. The van der Waals surface area contributed by atoms with Crippen molar-refractivity contribution in [3.63, 3.8) is 0 Å². The van der Waals surface area contributed by atoms with E-state index in [4.69, 9.17) is 14.2 Å². The Morgan fingerprint density at radius 3 is 2.52 bits per heavy atom. The van der Waals surface area contributed by atoms with Crippen molar-refractivity contribution in [1.29, 1.82) is 0 Å². The molecule has 0 heterocycles. The molecule has 2 aromatic carbocycles. The number of para-hydroxylation sites is 1. The molecular weight excluding hydrogens is 329 g/mol. The van der Waals surface area contributed by atoms with Crippen molar-refractivity contribution in [2.75, 3.05) is 26.1 Å². The Morgan fingerprint density at radius 2 is 1.88 bits per heavy atom. The zero-order chi connectivity index (χ0) is 18.4. The van der Waals surface area contributed by atoms with Gasteiger partial charge in [-0.15, -0.1) is 0 Å². The van der Waals surface area contributed by atoms with Crippen LogP contribution in [0.25, 0.3) is 0 Å². The second-order valence-corrected chi connectivity index (χ2v) is 5.15. The zero-order valence-electron chi connectivity index (χ0n) is 14.1. The van der Waals surface area contributed by atoms with E-state index in [1.165, 1.54) is 32.4 Å². The van der Waals surface area contributed by atoms with Gasteiger partial charge in [0.15, 0.2) is 18.1 Å². The number of hydrogen-bond acceptors (Lipinski definition) is 5. The van der Waals surface area contributed by atoms with Gasteiger partial charge in [0.1, 0.15) is 11.4 Å². The summed E-state index contributed by atoms with van der Waals surface area (Å²) in [5, 5.41) is 2.35. The number of esters is 1. The maximum Gasteiger partial charge on any atom is 0.342 e. The van der Waals surface area contributed by atoms with Gasteiger partial charge in [0, 0.05) is 0 Å². The summed E-state index contributed by atoms with van der Waals surface area (Å²) in [5.41, 5.74) is 0.869. The van der Waals surface area contributed by atoms with Crippen LogP contribution < -0.4 is 14.8 Å². The largest absolute Gasteiger partial charge is 0.493 e. The highest BCUT2D eigenvalue weighted by atomic mass is 19.1. The van der Waals surface area contributed by atoms with Crippen LogP contribution in [-0.2, 0) is 9.53 Å². The zero-order valence-corrected chi connectivity index (χ0v) is 14.1. The highest BCUT2D eigenvalue weighted by Gasteiger charge is 2.19. The van der Waals surface area contributed by atoms with Gasteiger partial charge in [-0.25, -0.2) is 9.18 Å². The first-order valence-electron chi connectivity index (χ1n) is 7.40. The summed E-state index contributed by atoms with van der Waals surface area (Å²) in [6.45, 7) is 1.17. The van der Waals surface area contributed by atoms with Gasteiger partial charge in [-0.05, 0) is 36.8 Å². The molecule has 0 aliphatic carbocycles. The van der Waals surface area contributed by atoms with E-state index in [1.807, 2.05) is 0 Å². The van der Waals surface area contributed by atoms with Crippen molar-refractivity contribution >= 4 is 17.6 Å². The van der Waals surface area contributed by atoms with E-state index < -0.39 is 24.3 Å². The highest BCUT2D eigenvalue weighted by molar-refractivity contribution is 5.97. The van der Waals surface area contributed by atoms with Gasteiger partial charge in [-0.1, -0.05) is 12.1 Å². The molecule has 0 fully saturated rings. The summed E-state index contributed by atoms with van der Waals surface area (Å²) in [6, 6.07) is 9.10. The molecule has 1 N–H and O–H groups in total. The number of amides is 1. The van der Waals surface area contributed by atoms with E-state index in [2.05, 4.69) is 5.32 Å². The molecule has 0 aliphatic heterocycles. The average Bonchev–Trinajstić information content (AvgIpc) is 2.61. The van der Waals surface area contributed by atoms with Crippen molar-refractivity contribution in [3.8, 4) is 11.5 Å². The molecular formula is C18H18FNO5. The smallest absolute Gasteiger partial charge is 0.342 e. The number of benzene rings is 2. The van der Waals surface area contributed by atoms with Crippen LogP contribution in [0.15, 0.2) is 36.4 Å². The third-order valence-corrected chi connectivity index (χ3v) is 3.36. The highest BCUT2D eigenvalue weighted by Crippen LogP contribution is 2.31. The topological polar surface area (TPSA) is 73.9 Å². The Balaban J connectivity index is 2.01. The molecule has 6 nitrogen and oxygen atoms in total. The fourth-order valence-electron chi connectivity index (χ4n) is 2.16. The van der Waals surface area contributed by atoms with Crippen molar-refractivity contribution in [2.45, 2.75) is 6.92 Å². The third-order valence-electron chi connectivity index (χ3n) is 3.36. The number of ether oxygens (including phenoxy) is 3. The number of methoxy groups -OCH3 is 2. The lowest BCUT2D eigenvalue weighted by Gasteiger charge is -2.12. The molecule has 0 aromatic heterocycles. The minimum atomic E-state index is -0.754. The Morgan fingerprint density at radius 1 is 1.12 bits per heavy atom. The molecule has 7 heteroatoms. The number of anilines is 1. The quantitative estimate of drug-likeness (QED) is 0.813. The van der Waals surface area contributed by atoms with Gasteiger partial charge < -0.3 is 19.5 Å². The van der Waals surface area contributed by atoms with Gasteiger partial charge >= 0.3 is 5.97 Å². The first-order valence-corrected chi connectivity index (χ1v) is 7.40.